The van der Waals surface area contributed by atoms with Crippen LogP contribution >= 0.6 is 46.6 Å². The minimum absolute atomic E-state index is 0.500. The second-order valence-electron chi connectivity index (χ2n) is 3.99. The van der Waals surface area contributed by atoms with Crippen molar-refractivity contribution in [2.75, 3.05) is 0 Å². The van der Waals surface area contributed by atoms with E-state index in [0.29, 0.717) is 16.6 Å². The number of hydrogen-bond donors (Lipinski definition) is 1. The van der Waals surface area contributed by atoms with Crippen molar-refractivity contribution in [2.45, 2.75) is 17.2 Å². The molecule has 1 nitrogen and oxygen atoms in total. The summed E-state index contributed by atoms with van der Waals surface area (Å²) in [5.74, 6) is 0.779. The van der Waals surface area contributed by atoms with Crippen LogP contribution < -0.4 is 5.73 Å². The van der Waals surface area contributed by atoms with Crippen LogP contribution in [0.4, 0.5) is 0 Å². The van der Waals surface area contributed by atoms with E-state index in [1.165, 1.54) is 0 Å². The fourth-order valence-electron chi connectivity index (χ4n) is 1.56. The van der Waals surface area contributed by atoms with Crippen LogP contribution in [0.1, 0.15) is 11.1 Å². The fraction of sp³-hybridized carbons (Fsp3) is 0.143. The Hall–Kier alpha value is -0.380. The molecule has 0 saturated carbocycles. The average Bonchev–Trinajstić information content (AvgIpc) is 2.41. The van der Waals surface area contributed by atoms with Gasteiger partial charge in [0.2, 0.25) is 0 Å². The largest absolute Gasteiger partial charge is 0.326 e. The third kappa shape index (κ3) is 4.04. The van der Waals surface area contributed by atoms with E-state index in [0.717, 1.165) is 26.8 Å². The van der Waals surface area contributed by atoms with Gasteiger partial charge >= 0.3 is 0 Å². The molecule has 0 spiro atoms. The van der Waals surface area contributed by atoms with Crippen LogP contribution in [0.25, 0.3) is 0 Å². The van der Waals surface area contributed by atoms with Gasteiger partial charge in [-0.15, -0.1) is 11.8 Å². The number of hydrogen-bond acceptors (Lipinski definition) is 2. The normalized spacial score (nSPS) is 10.7. The average molecular weight is 333 g/mol. The first-order valence-electron chi connectivity index (χ1n) is 5.65. The Balaban J connectivity index is 2.07. The van der Waals surface area contributed by atoms with Crippen molar-refractivity contribution in [1.29, 1.82) is 0 Å². The molecule has 19 heavy (non-hydrogen) atoms. The molecule has 0 fully saturated rings. The molecule has 2 aromatic carbocycles. The van der Waals surface area contributed by atoms with Crippen molar-refractivity contribution in [3.8, 4) is 0 Å². The lowest BCUT2D eigenvalue weighted by Crippen LogP contribution is -1.96. The summed E-state index contributed by atoms with van der Waals surface area (Å²) in [6.45, 7) is 0.500. The Morgan fingerprint density at radius 2 is 1.68 bits per heavy atom. The van der Waals surface area contributed by atoms with E-state index >= 15 is 0 Å². The number of nitrogens with two attached hydrogens (primary N) is 1. The zero-order valence-corrected chi connectivity index (χ0v) is 13.1. The van der Waals surface area contributed by atoms with Gasteiger partial charge in [0.1, 0.15) is 0 Å². The standard InChI is InChI=1S/C14H12Cl3NS/c15-12-4-3-11(6-14(12)17)19-8-10-2-1-9(7-18)5-13(10)16/h1-6H,7-8,18H2. The van der Waals surface area contributed by atoms with Gasteiger partial charge in [0.15, 0.2) is 0 Å². The predicted molar refractivity (Wildman–Crippen MR) is 85.4 cm³/mol. The topological polar surface area (TPSA) is 26.0 Å². The summed E-state index contributed by atoms with van der Waals surface area (Å²) in [7, 11) is 0. The quantitative estimate of drug-likeness (QED) is 0.759. The van der Waals surface area contributed by atoms with Crippen LogP contribution in [0.2, 0.25) is 15.1 Å². The number of thioether (sulfide) groups is 1. The van der Waals surface area contributed by atoms with Crippen molar-refractivity contribution < 1.29 is 0 Å². The van der Waals surface area contributed by atoms with Gasteiger partial charge in [-0.1, -0.05) is 46.9 Å². The Morgan fingerprint density at radius 1 is 0.895 bits per heavy atom. The summed E-state index contributed by atoms with van der Waals surface area (Å²) in [6, 6.07) is 11.5. The van der Waals surface area contributed by atoms with E-state index in [9.17, 15) is 0 Å². The lowest BCUT2D eigenvalue weighted by atomic mass is 10.1. The lowest BCUT2D eigenvalue weighted by Gasteiger charge is -2.07. The molecule has 0 aliphatic heterocycles. The van der Waals surface area contributed by atoms with E-state index in [1.54, 1.807) is 17.8 Å². The zero-order chi connectivity index (χ0) is 13.8. The van der Waals surface area contributed by atoms with Gasteiger partial charge in [-0.2, -0.15) is 0 Å². The molecule has 0 heterocycles. The second kappa shape index (κ2) is 6.87. The first-order valence-corrected chi connectivity index (χ1v) is 7.77. The molecule has 5 heteroatoms. The molecular weight excluding hydrogens is 321 g/mol. The maximum Gasteiger partial charge on any atom is 0.0603 e. The molecule has 0 unspecified atom stereocenters. The van der Waals surface area contributed by atoms with Gasteiger partial charge in [0, 0.05) is 22.2 Å². The van der Waals surface area contributed by atoms with Crippen LogP contribution in [0, 0.1) is 0 Å². The summed E-state index contributed by atoms with van der Waals surface area (Å²) in [4.78, 5) is 1.06. The Morgan fingerprint density at radius 3 is 2.32 bits per heavy atom. The van der Waals surface area contributed by atoms with Crippen molar-refractivity contribution in [3.05, 3.63) is 62.6 Å². The molecule has 2 N–H and O–H groups in total. The molecule has 0 aliphatic rings. The van der Waals surface area contributed by atoms with Crippen molar-refractivity contribution >= 4 is 46.6 Å². The smallest absolute Gasteiger partial charge is 0.0603 e. The van der Waals surface area contributed by atoms with Gasteiger partial charge in [0.25, 0.3) is 0 Å². The minimum Gasteiger partial charge on any atom is -0.326 e. The molecule has 0 saturated heterocycles. The van der Waals surface area contributed by atoms with Crippen LogP contribution in [-0.2, 0) is 12.3 Å². The number of benzene rings is 2. The number of rotatable bonds is 4. The van der Waals surface area contributed by atoms with Crippen LogP contribution in [0.15, 0.2) is 41.3 Å². The predicted octanol–water partition coefficient (Wildman–Crippen LogP) is 5.40. The maximum atomic E-state index is 6.21. The molecule has 0 bridgehead atoms. The number of halogens is 3. The van der Waals surface area contributed by atoms with E-state index in [2.05, 4.69) is 0 Å². The maximum absolute atomic E-state index is 6.21. The highest BCUT2D eigenvalue weighted by Crippen LogP contribution is 2.31. The summed E-state index contributed by atoms with van der Waals surface area (Å²) in [5, 5.41) is 1.88. The summed E-state index contributed by atoms with van der Waals surface area (Å²) in [6.07, 6.45) is 0. The van der Waals surface area contributed by atoms with E-state index in [1.807, 2.05) is 30.3 Å². The highest BCUT2D eigenvalue weighted by molar-refractivity contribution is 7.98. The molecule has 100 valence electrons. The first kappa shape index (κ1) is 15.0. The molecule has 2 rings (SSSR count). The van der Waals surface area contributed by atoms with E-state index in [-0.39, 0.29) is 0 Å². The SMILES string of the molecule is NCc1ccc(CSc2ccc(Cl)c(Cl)c2)c(Cl)c1. The van der Waals surface area contributed by atoms with Gasteiger partial charge in [-0.25, -0.2) is 0 Å². The third-order valence-electron chi connectivity index (χ3n) is 2.64. The molecule has 0 amide bonds. The lowest BCUT2D eigenvalue weighted by molar-refractivity contribution is 1.07. The highest BCUT2D eigenvalue weighted by Gasteiger charge is 2.04. The van der Waals surface area contributed by atoms with Gasteiger partial charge in [0.05, 0.1) is 10.0 Å². The summed E-state index contributed by atoms with van der Waals surface area (Å²) in [5.41, 5.74) is 7.69. The van der Waals surface area contributed by atoms with Crippen LogP contribution in [-0.4, -0.2) is 0 Å². The van der Waals surface area contributed by atoms with E-state index < -0.39 is 0 Å². The van der Waals surface area contributed by atoms with E-state index in [4.69, 9.17) is 40.5 Å². The molecule has 0 atom stereocenters. The highest BCUT2D eigenvalue weighted by atomic mass is 35.5. The monoisotopic (exact) mass is 331 g/mol. The van der Waals surface area contributed by atoms with Crippen molar-refractivity contribution in [2.24, 2.45) is 5.73 Å². The molecule has 0 aliphatic carbocycles. The third-order valence-corrected chi connectivity index (χ3v) is 4.77. The Labute approximate surface area is 132 Å². The summed E-state index contributed by atoms with van der Waals surface area (Å²) >= 11 is 19.7. The molecule has 0 radical (unpaired) electrons. The van der Waals surface area contributed by atoms with Gasteiger partial charge in [-0.05, 0) is 35.4 Å². The van der Waals surface area contributed by atoms with Gasteiger partial charge in [-0.3, -0.25) is 0 Å². The van der Waals surface area contributed by atoms with Crippen molar-refractivity contribution in [3.63, 3.8) is 0 Å². The second-order valence-corrected chi connectivity index (χ2v) is 6.26. The van der Waals surface area contributed by atoms with Crippen LogP contribution in [0.3, 0.4) is 0 Å². The fourth-order valence-corrected chi connectivity index (χ4v) is 3.21. The first-order chi connectivity index (χ1) is 9.10. The Kier molecular flexibility index (Phi) is 5.43. The van der Waals surface area contributed by atoms with Crippen molar-refractivity contribution in [1.82, 2.24) is 0 Å². The zero-order valence-electron chi connectivity index (χ0n) is 10.00. The molecular formula is C14H12Cl3NS. The van der Waals surface area contributed by atoms with Gasteiger partial charge < -0.3 is 5.73 Å². The summed E-state index contributed by atoms with van der Waals surface area (Å²) < 4.78 is 0. The van der Waals surface area contributed by atoms with Crippen LogP contribution in [0.5, 0.6) is 0 Å². The minimum atomic E-state index is 0.500. The molecule has 0 aromatic heterocycles. The molecule has 2 aromatic rings. The Bertz CT molecular complexity index is 587.